The second kappa shape index (κ2) is 6.24. The van der Waals surface area contributed by atoms with Crippen LogP contribution in [0.3, 0.4) is 0 Å². The molecule has 0 amide bonds. The van der Waals surface area contributed by atoms with E-state index in [1.165, 1.54) is 17.7 Å². The highest BCUT2D eigenvalue weighted by atomic mass is 19.1. The topological polar surface area (TPSA) is 35.3 Å². The van der Waals surface area contributed by atoms with Crippen LogP contribution in [0.15, 0.2) is 47.0 Å². The third-order valence-electron chi connectivity index (χ3n) is 3.82. The number of aromatic nitrogens is 1. The normalized spacial score (nSPS) is 10.8. The zero-order chi connectivity index (χ0) is 16.4. The second-order valence-electron chi connectivity index (χ2n) is 5.65. The molecule has 0 bridgehead atoms. The van der Waals surface area contributed by atoms with Gasteiger partial charge in [-0.3, -0.25) is 0 Å². The lowest BCUT2D eigenvalue weighted by atomic mass is 10.1. The Bertz CT molecular complexity index is 822. The minimum absolute atomic E-state index is 0.274. The van der Waals surface area contributed by atoms with Crippen LogP contribution < -0.4 is 4.74 Å². The van der Waals surface area contributed by atoms with Gasteiger partial charge in [0.25, 0.3) is 0 Å². The maximum Gasteiger partial charge on any atom is 0.170 e. The molecule has 0 aliphatic carbocycles. The number of nitrogens with zero attached hydrogens (tertiary/aromatic N) is 1. The molecule has 0 aliphatic rings. The summed E-state index contributed by atoms with van der Waals surface area (Å²) in [6.07, 6.45) is 0. The standard InChI is InChI=1S/C19H18FNO2/c1-12-4-9-18(13(2)10-12)22-11-17-14(3)19(23-21-17)15-5-7-16(20)8-6-15/h4-10H,11H2,1-3H3. The minimum atomic E-state index is -0.274. The Kier molecular flexibility index (Phi) is 4.15. The van der Waals surface area contributed by atoms with Crippen molar-refractivity contribution in [3.05, 3.63) is 70.7 Å². The molecular formula is C19H18FNO2. The van der Waals surface area contributed by atoms with E-state index in [4.69, 9.17) is 9.26 Å². The first-order chi connectivity index (χ1) is 11.0. The van der Waals surface area contributed by atoms with Gasteiger partial charge in [-0.25, -0.2) is 4.39 Å². The zero-order valence-electron chi connectivity index (χ0n) is 13.4. The summed E-state index contributed by atoms with van der Waals surface area (Å²) in [4.78, 5) is 0. The van der Waals surface area contributed by atoms with Crippen molar-refractivity contribution in [1.82, 2.24) is 5.16 Å². The SMILES string of the molecule is Cc1ccc(OCc2noc(-c3ccc(F)cc3)c2C)c(C)c1. The molecule has 0 fully saturated rings. The molecule has 3 aromatic rings. The number of ether oxygens (including phenoxy) is 1. The first kappa shape index (κ1) is 15.3. The Morgan fingerprint density at radius 2 is 1.78 bits per heavy atom. The van der Waals surface area contributed by atoms with Gasteiger partial charge in [0.2, 0.25) is 0 Å². The third kappa shape index (κ3) is 3.26. The lowest BCUT2D eigenvalue weighted by Gasteiger charge is -2.08. The van der Waals surface area contributed by atoms with Crippen LogP contribution in [-0.2, 0) is 6.61 Å². The molecule has 0 aliphatic heterocycles. The summed E-state index contributed by atoms with van der Waals surface area (Å²) in [5.74, 6) is 1.20. The van der Waals surface area contributed by atoms with Crippen molar-refractivity contribution in [2.24, 2.45) is 0 Å². The molecule has 0 saturated carbocycles. The lowest BCUT2D eigenvalue weighted by Crippen LogP contribution is -1.99. The Morgan fingerprint density at radius 3 is 2.48 bits per heavy atom. The Morgan fingerprint density at radius 1 is 1.04 bits per heavy atom. The van der Waals surface area contributed by atoms with E-state index in [2.05, 4.69) is 11.2 Å². The van der Waals surface area contributed by atoms with Crippen molar-refractivity contribution in [3.63, 3.8) is 0 Å². The van der Waals surface area contributed by atoms with Crippen LogP contribution in [-0.4, -0.2) is 5.16 Å². The number of rotatable bonds is 4. The lowest BCUT2D eigenvalue weighted by molar-refractivity contribution is 0.287. The average Bonchev–Trinajstić information content (AvgIpc) is 2.88. The molecule has 0 N–H and O–H groups in total. The van der Waals surface area contributed by atoms with Gasteiger partial charge in [0.05, 0.1) is 0 Å². The van der Waals surface area contributed by atoms with Crippen molar-refractivity contribution in [2.45, 2.75) is 27.4 Å². The number of benzene rings is 2. The van der Waals surface area contributed by atoms with Gasteiger partial charge in [-0.15, -0.1) is 0 Å². The fraction of sp³-hybridized carbons (Fsp3) is 0.211. The molecule has 3 rings (SSSR count). The summed E-state index contributed by atoms with van der Waals surface area (Å²) in [6.45, 7) is 6.33. The molecule has 4 heteroatoms. The van der Waals surface area contributed by atoms with Gasteiger partial charge in [-0.05, 0) is 56.7 Å². The van der Waals surface area contributed by atoms with Crippen LogP contribution in [0.4, 0.5) is 4.39 Å². The van der Waals surface area contributed by atoms with Gasteiger partial charge < -0.3 is 9.26 Å². The summed E-state index contributed by atoms with van der Waals surface area (Å²) < 4.78 is 24.3. The van der Waals surface area contributed by atoms with Crippen LogP contribution in [0.25, 0.3) is 11.3 Å². The predicted octanol–water partition coefficient (Wildman–Crippen LogP) is 4.98. The van der Waals surface area contributed by atoms with Crippen molar-refractivity contribution in [1.29, 1.82) is 0 Å². The molecule has 3 nitrogen and oxygen atoms in total. The molecule has 0 unspecified atom stereocenters. The van der Waals surface area contributed by atoms with E-state index < -0.39 is 0 Å². The molecule has 1 heterocycles. The smallest absolute Gasteiger partial charge is 0.170 e. The fourth-order valence-corrected chi connectivity index (χ4v) is 2.48. The molecule has 0 saturated heterocycles. The van der Waals surface area contributed by atoms with Crippen LogP contribution in [0, 0.1) is 26.6 Å². The molecule has 2 aromatic carbocycles. The summed E-state index contributed by atoms with van der Waals surface area (Å²) in [7, 11) is 0. The number of halogens is 1. The Balaban J connectivity index is 1.78. The Labute approximate surface area is 134 Å². The molecule has 1 aromatic heterocycles. The number of hydrogen-bond donors (Lipinski definition) is 0. The van der Waals surface area contributed by atoms with Crippen molar-refractivity contribution in [3.8, 4) is 17.1 Å². The average molecular weight is 311 g/mol. The monoisotopic (exact) mass is 311 g/mol. The maximum atomic E-state index is 13.0. The van der Waals surface area contributed by atoms with Gasteiger partial charge in [0.1, 0.15) is 23.9 Å². The highest BCUT2D eigenvalue weighted by Crippen LogP contribution is 2.27. The van der Waals surface area contributed by atoms with E-state index in [0.717, 1.165) is 28.1 Å². The first-order valence-corrected chi connectivity index (χ1v) is 7.46. The second-order valence-corrected chi connectivity index (χ2v) is 5.65. The quantitative estimate of drug-likeness (QED) is 0.681. The van der Waals surface area contributed by atoms with Gasteiger partial charge in [-0.1, -0.05) is 22.9 Å². The number of hydrogen-bond acceptors (Lipinski definition) is 3. The summed E-state index contributed by atoms with van der Waals surface area (Å²) in [5, 5.41) is 4.08. The van der Waals surface area contributed by atoms with Crippen molar-refractivity contribution >= 4 is 0 Å². The molecular weight excluding hydrogens is 293 g/mol. The van der Waals surface area contributed by atoms with Gasteiger partial charge >= 0.3 is 0 Å². The zero-order valence-corrected chi connectivity index (χ0v) is 13.4. The highest BCUT2D eigenvalue weighted by Gasteiger charge is 2.14. The summed E-state index contributed by atoms with van der Waals surface area (Å²) in [5.41, 5.74) is 4.73. The van der Waals surface area contributed by atoms with Crippen LogP contribution >= 0.6 is 0 Å². The predicted molar refractivity (Wildman–Crippen MR) is 86.9 cm³/mol. The summed E-state index contributed by atoms with van der Waals surface area (Å²) >= 11 is 0. The van der Waals surface area contributed by atoms with E-state index in [-0.39, 0.29) is 5.82 Å². The highest BCUT2D eigenvalue weighted by molar-refractivity contribution is 5.61. The largest absolute Gasteiger partial charge is 0.487 e. The molecule has 118 valence electrons. The molecule has 0 radical (unpaired) electrons. The van der Waals surface area contributed by atoms with Crippen LogP contribution in [0.1, 0.15) is 22.4 Å². The van der Waals surface area contributed by atoms with Gasteiger partial charge in [-0.2, -0.15) is 0 Å². The molecule has 23 heavy (non-hydrogen) atoms. The van der Waals surface area contributed by atoms with Crippen molar-refractivity contribution in [2.75, 3.05) is 0 Å². The van der Waals surface area contributed by atoms with Gasteiger partial charge in [0, 0.05) is 11.1 Å². The summed E-state index contributed by atoms with van der Waals surface area (Å²) in [6, 6.07) is 12.2. The first-order valence-electron chi connectivity index (χ1n) is 7.46. The molecule has 0 spiro atoms. The molecule has 0 atom stereocenters. The van der Waals surface area contributed by atoms with Crippen LogP contribution in [0.2, 0.25) is 0 Å². The Hall–Kier alpha value is -2.62. The van der Waals surface area contributed by atoms with E-state index in [1.54, 1.807) is 12.1 Å². The van der Waals surface area contributed by atoms with Crippen molar-refractivity contribution < 1.29 is 13.7 Å². The minimum Gasteiger partial charge on any atom is -0.487 e. The van der Waals surface area contributed by atoms with E-state index >= 15 is 0 Å². The van der Waals surface area contributed by atoms with Crippen LogP contribution in [0.5, 0.6) is 5.75 Å². The maximum absolute atomic E-state index is 13.0. The number of aryl methyl sites for hydroxylation is 2. The third-order valence-corrected chi connectivity index (χ3v) is 3.82. The van der Waals surface area contributed by atoms with E-state index in [0.29, 0.717) is 12.4 Å². The van der Waals surface area contributed by atoms with Gasteiger partial charge in [0.15, 0.2) is 5.76 Å². The fourth-order valence-electron chi connectivity index (χ4n) is 2.48. The van der Waals surface area contributed by atoms with E-state index in [1.807, 2.05) is 32.9 Å². The van der Waals surface area contributed by atoms with E-state index in [9.17, 15) is 4.39 Å².